The molecule has 19 heavy (non-hydrogen) atoms. The number of ether oxygens (including phenoxy) is 1. The van der Waals surface area contributed by atoms with Crippen LogP contribution in [0, 0.1) is 0 Å². The minimum absolute atomic E-state index is 0.486. The topological polar surface area (TPSA) is 24.5 Å². The molecule has 3 rings (SSSR count). The average molecular weight is 260 g/mol. The van der Waals surface area contributed by atoms with Gasteiger partial charge < -0.3 is 15.0 Å². The Morgan fingerprint density at radius 1 is 1.26 bits per heavy atom. The van der Waals surface area contributed by atoms with Gasteiger partial charge in [-0.25, -0.2) is 0 Å². The van der Waals surface area contributed by atoms with E-state index >= 15 is 0 Å². The summed E-state index contributed by atoms with van der Waals surface area (Å²) in [6.45, 7) is 5.52. The van der Waals surface area contributed by atoms with E-state index in [1.165, 1.54) is 31.4 Å². The summed E-state index contributed by atoms with van der Waals surface area (Å²) in [6, 6.07) is 11.3. The van der Waals surface area contributed by atoms with Gasteiger partial charge in [-0.15, -0.1) is 0 Å². The van der Waals surface area contributed by atoms with Gasteiger partial charge in [-0.1, -0.05) is 30.3 Å². The number of rotatable bonds is 4. The molecule has 0 amide bonds. The van der Waals surface area contributed by atoms with Gasteiger partial charge in [0, 0.05) is 38.8 Å². The maximum absolute atomic E-state index is 5.71. The maximum atomic E-state index is 5.71. The molecule has 2 saturated heterocycles. The molecule has 1 aromatic carbocycles. The highest BCUT2D eigenvalue weighted by Gasteiger charge is 2.22. The van der Waals surface area contributed by atoms with Crippen molar-refractivity contribution in [2.75, 3.05) is 32.8 Å². The smallest absolute Gasteiger partial charge is 0.0588 e. The Kier molecular flexibility index (Phi) is 4.49. The lowest BCUT2D eigenvalue weighted by Gasteiger charge is -2.34. The maximum Gasteiger partial charge on any atom is 0.0588 e. The summed E-state index contributed by atoms with van der Waals surface area (Å²) < 4.78 is 5.71. The van der Waals surface area contributed by atoms with Gasteiger partial charge in [0.25, 0.3) is 0 Å². The van der Waals surface area contributed by atoms with Crippen molar-refractivity contribution in [3.63, 3.8) is 0 Å². The first kappa shape index (κ1) is 13.1. The molecule has 0 aromatic heterocycles. The Morgan fingerprint density at radius 2 is 2.16 bits per heavy atom. The van der Waals surface area contributed by atoms with E-state index < -0.39 is 0 Å². The highest BCUT2D eigenvalue weighted by Crippen LogP contribution is 2.19. The molecular weight excluding hydrogens is 236 g/mol. The lowest BCUT2D eigenvalue weighted by molar-refractivity contribution is 0.0866. The van der Waals surface area contributed by atoms with Crippen molar-refractivity contribution in [2.24, 2.45) is 0 Å². The van der Waals surface area contributed by atoms with Gasteiger partial charge in [-0.2, -0.15) is 0 Å². The highest BCUT2D eigenvalue weighted by atomic mass is 16.5. The third-order valence-electron chi connectivity index (χ3n) is 4.25. The quantitative estimate of drug-likeness (QED) is 0.898. The molecule has 0 radical (unpaired) electrons. The molecule has 0 aliphatic carbocycles. The third-order valence-corrected chi connectivity index (χ3v) is 4.25. The molecule has 0 spiro atoms. The Balaban J connectivity index is 1.50. The summed E-state index contributed by atoms with van der Waals surface area (Å²) in [6.07, 6.45) is 4.22. The van der Waals surface area contributed by atoms with Crippen LogP contribution in [-0.4, -0.2) is 43.8 Å². The first-order valence-corrected chi connectivity index (χ1v) is 7.54. The first-order valence-electron chi connectivity index (χ1n) is 7.54. The van der Waals surface area contributed by atoms with Gasteiger partial charge in [-0.05, 0) is 24.8 Å². The Labute approximate surface area is 115 Å². The molecule has 2 unspecified atom stereocenters. The SMILES string of the molecule is c1ccc(C2CN(CCC3CCCO3)CCN2)cc1. The van der Waals surface area contributed by atoms with Crippen molar-refractivity contribution in [2.45, 2.75) is 31.4 Å². The zero-order valence-corrected chi connectivity index (χ0v) is 11.6. The Bertz CT molecular complexity index is 376. The van der Waals surface area contributed by atoms with Crippen molar-refractivity contribution in [1.82, 2.24) is 10.2 Å². The first-order chi connectivity index (χ1) is 9.42. The average Bonchev–Trinajstić information content (AvgIpc) is 3.00. The minimum atomic E-state index is 0.486. The molecule has 1 aromatic rings. The van der Waals surface area contributed by atoms with Gasteiger partial charge >= 0.3 is 0 Å². The summed E-state index contributed by atoms with van der Waals surface area (Å²) in [7, 11) is 0. The van der Waals surface area contributed by atoms with Crippen LogP contribution in [0.15, 0.2) is 30.3 Å². The van der Waals surface area contributed by atoms with E-state index in [9.17, 15) is 0 Å². The number of benzene rings is 1. The molecule has 2 aliphatic heterocycles. The molecule has 2 atom stereocenters. The highest BCUT2D eigenvalue weighted by molar-refractivity contribution is 5.19. The molecular formula is C16H24N2O. The number of hydrogen-bond acceptors (Lipinski definition) is 3. The number of nitrogens with one attached hydrogen (secondary N) is 1. The standard InChI is InChI=1S/C16H24N2O/c1-2-5-14(6-3-1)16-13-18(11-9-17-16)10-8-15-7-4-12-19-15/h1-3,5-6,15-17H,4,7-13H2. The van der Waals surface area contributed by atoms with Crippen LogP contribution in [0.4, 0.5) is 0 Å². The van der Waals surface area contributed by atoms with Crippen LogP contribution in [0.2, 0.25) is 0 Å². The summed E-state index contributed by atoms with van der Waals surface area (Å²) in [5.41, 5.74) is 1.41. The Hall–Kier alpha value is -0.900. The van der Waals surface area contributed by atoms with Crippen LogP contribution >= 0.6 is 0 Å². The van der Waals surface area contributed by atoms with Crippen LogP contribution in [-0.2, 0) is 4.74 Å². The zero-order chi connectivity index (χ0) is 12.9. The normalized spacial score (nSPS) is 28.6. The Morgan fingerprint density at radius 3 is 2.95 bits per heavy atom. The van der Waals surface area contributed by atoms with Crippen molar-refractivity contribution < 1.29 is 4.74 Å². The molecule has 3 nitrogen and oxygen atoms in total. The van der Waals surface area contributed by atoms with E-state index in [1.54, 1.807) is 0 Å². The summed E-state index contributed by atoms with van der Waals surface area (Å²) in [4.78, 5) is 2.58. The molecule has 3 heteroatoms. The van der Waals surface area contributed by atoms with Crippen molar-refractivity contribution in [1.29, 1.82) is 0 Å². The van der Waals surface area contributed by atoms with Crippen molar-refractivity contribution in [3.8, 4) is 0 Å². The molecule has 0 bridgehead atoms. The van der Waals surface area contributed by atoms with Gasteiger partial charge in [0.05, 0.1) is 6.10 Å². The van der Waals surface area contributed by atoms with Crippen LogP contribution in [0.1, 0.15) is 30.9 Å². The predicted octanol–water partition coefficient (Wildman–Crippen LogP) is 2.20. The predicted molar refractivity (Wildman–Crippen MR) is 77.2 cm³/mol. The molecule has 1 N–H and O–H groups in total. The molecule has 0 saturated carbocycles. The van der Waals surface area contributed by atoms with E-state index in [-0.39, 0.29) is 0 Å². The third kappa shape index (κ3) is 3.56. The minimum Gasteiger partial charge on any atom is -0.378 e. The molecule has 2 aliphatic rings. The van der Waals surface area contributed by atoms with E-state index in [0.29, 0.717) is 12.1 Å². The second-order valence-electron chi connectivity index (χ2n) is 5.64. The molecule has 2 fully saturated rings. The monoisotopic (exact) mass is 260 g/mol. The van der Waals surface area contributed by atoms with Gasteiger partial charge in [0.1, 0.15) is 0 Å². The van der Waals surface area contributed by atoms with Crippen molar-refractivity contribution >= 4 is 0 Å². The largest absolute Gasteiger partial charge is 0.378 e. The fourth-order valence-corrected chi connectivity index (χ4v) is 3.12. The van der Waals surface area contributed by atoms with Crippen LogP contribution in [0.5, 0.6) is 0 Å². The lowest BCUT2D eigenvalue weighted by Crippen LogP contribution is -2.46. The van der Waals surface area contributed by atoms with Gasteiger partial charge in [-0.3, -0.25) is 0 Å². The van der Waals surface area contributed by atoms with Gasteiger partial charge in [0.15, 0.2) is 0 Å². The number of nitrogens with zero attached hydrogens (tertiary/aromatic N) is 1. The summed E-state index contributed by atoms with van der Waals surface area (Å²) in [5.74, 6) is 0. The zero-order valence-electron chi connectivity index (χ0n) is 11.6. The van der Waals surface area contributed by atoms with Crippen molar-refractivity contribution in [3.05, 3.63) is 35.9 Å². The fraction of sp³-hybridized carbons (Fsp3) is 0.625. The van der Waals surface area contributed by atoms with Gasteiger partial charge in [0.2, 0.25) is 0 Å². The van der Waals surface area contributed by atoms with Crippen LogP contribution in [0.3, 0.4) is 0 Å². The molecule has 104 valence electrons. The number of piperazine rings is 1. The van der Waals surface area contributed by atoms with E-state index in [2.05, 4.69) is 40.5 Å². The summed E-state index contributed by atoms with van der Waals surface area (Å²) >= 11 is 0. The summed E-state index contributed by atoms with van der Waals surface area (Å²) in [5, 5.41) is 3.62. The van der Waals surface area contributed by atoms with E-state index in [4.69, 9.17) is 4.74 Å². The van der Waals surface area contributed by atoms with E-state index in [0.717, 1.165) is 26.2 Å². The van der Waals surface area contributed by atoms with E-state index in [1.807, 2.05) is 0 Å². The second-order valence-corrected chi connectivity index (χ2v) is 5.64. The van der Waals surface area contributed by atoms with Crippen LogP contribution in [0.25, 0.3) is 0 Å². The number of hydrogen-bond donors (Lipinski definition) is 1. The lowest BCUT2D eigenvalue weighted by atomic mass is 10.0. The second kappa shape index (κ2) is 6.51. The fourth-order valence-electron chi connectivity index (χ4n) is 3.12. The van der Waals surface area contributed by atoms with Crippen LogP contribution < -0.4 is 5.32 Å². The molecule has 2 heterocycles.